The van der Waals surface area contributed by atoms with Crippen molar-refractivity contribution in [2.75, 3.05) is 6.54 Å². The van der Waals surface area contributed by atoms with Crippen molar-refractivity contribution in [3.8, 4) is 0 Å². The summed E-state index contributed by atoms with van der Waals surface area (Å²) in [7, 11) is 0. The van der Waals surface area contributed by atoms with E-state index in [2.05, 4.69) is 44.2 Å². The Bertz CT molecular complexity index is 390. The highest BCUT2D eigenvalue weighted by molar-refractivity contribution is 5.21. The quantitative estimate of drug-likeness (QED) is 0.728. The summed E-state index contributed by atoms with van der Waals surface area (Å²) in [6.45, 7) is 5.67. The number of fused-ring (bicyclic) bond motifs is 3. The van der Waals surface area contributed by atoms with Gasteiger partial charge < -0.3 is 4.90 Å². The molecule has 3 rings (SSSR count). The number of piperidine rings is 2. The third-order valence-electron chi connectivity index (χ3n) is 5.25. The van der Waals surface area contributed by atoms with Crippen molar-refractivity contribution < 1.29 is 4.90 Å². The molecule has 1 saturated carbocycles. The van der Waals surface area contributed by atoms with E-state index < -0.39 is 0 Å². The lowest BCUT2D eigenvalue weighted by Gasteiger charge is -2.32. The van der Waals surface area contributed by atoms with Gasteiger partial charge in [0.05, 0.1) is 12.6 Å². The van der Waals surface area contributed by atoms with Gasteiger partial charge >= 0.3 is 0 Å². The summed E-state index contributed by atoms with van der Waals surface area (Å²) >= 11 is 0. The number of hydrogen-bond acceptors (Lipinski definition) is 0. The molecule has 18 heavy (non-hydrogen) atoms. The van der Waals surface area contributed by atoms with E-state index in [4.69, 9.17) is 0 Å². The Balaban J connectivity index is 1.63. The Hall–Kier alpha value is -0.820. The van der Waals surface area contributed by atoms with Crippen molar-refractivity contribution in [2.45, 2.75) is 51.6 Å². The van der Waals surface area contributed by atoms with Gasteiger partial charge in [0.25, 0.3) is 0 Å². The van der Waals surface area contributed by atoms with E-state index in [0.29, 0.717) is 0 Å². The SMILES string of the molecule is C/C=C(C)/C=C/C=C/[C@H]1[C@@H]2C[C@@H]2C2CCCC[NH+]21. The van der Waals surface area contributed by atoms with E-state index in [-0.39, 0.29) is 0 Å². The van der Waals surface area contributed by atoms with Gasteiger partial charge in [-0.05, 0) is 45.6 Å². The van der Waals surface area contributed by atoms with Crippen molar-refractivity contribution in [1.82, 2.24) is 0 Å². The van der Waals surface area contributed by atoms with Gasteiger partial charge in [0, 0.05) is 11.8 Å². The second-order valence-corrected chi connectivity index (χ2v) is 6.29. The Morgan fingerprint density at radius 2 is 2.06 bits per heavy atom. The zero-order chi connectivity index (χ0) is 12.5. The van der Waals surface area contributed by atoms with Crippen molar-refractivity contribution in [3.63, 3.8) is 0 Å². The fraction of sp³-hybridized carbons (Fsp3) is 0.647. The number of rotatable bonds is 3. The normalized spacial score (nSPS) is 43.4. The van der Waals surface area contributed by atoms with Crippen LogP contribution in [0.2, 0.25) is 0 Å². The minimum Gasteiger partial charge on any atom is -0.326 e. The Kier molecular flexibility index (Phi) is 3.43. The molecule has 0 amide bonds. The van der Waals surface area contributed by atoms with Crippen LogP contribution in [0.15, 0.2) is 36.0 Å². The molecular formula is C17H26N+. The maximum Gasteiger partial charge on any atom is 0.110 e. The predicted octanol–water partition coefficient (Wildman–Crippen LogP) is 2.52. The Morgan fingerprint density at radius 3 is 2.89 bits per heavy atom. The maximum absolute atomic E-state index is 2.49. The second-order valence-electron chi connectivity index (χ2n) is 6.29. The van der Waals surface area contributed by atoms with Crippen LogP contribution in [0.4, 0.5) is 0 Å². The van der Waals surface area contributed by atoms with Crippen LogP contribution in [0, 0.1) is 11.8 Å². The van der Waals surface area contributed by atoms with Crippen LogP contribution in [-0.2, 0) is 0 Å². The van der Waals surface area contributed by atoms with E-state index >= 15 is 0 Å². The van der Waals surface area contributed by atoms with Gasteiger partial charge in [-0.25, -0.2) is 0 Å². The highest BCUT2D eigenvalue weighted by atomic mass is 15.2. The molecule has 2 saturated heterocycles. The van der Waals surface area contributed by atoms with Crippen LogP contribution >= 0.6 is 0 Å². The molecule has 3 aliphatic rings. The summed E-state index contributed by atoms with van der Waals surface area (Å²) in [5.74, 6) is 2.10. The summed E-state index contributed by atoms with van der Waals surface area (Å²) in [5.41, 5.74) is 1.35. The molecule has 1 N–H and O–H groups in total. The minimum atomic E-state index is 0.830. The smallest absolute Gasteiger partial charge is 0.110 e. The van der Waals surface area contributed by atoms with Crippen molar-refractivity contribution in [1.29, 1.82) is 0 Å². The summed E-state index contributed by atoms with van der Waals surface area (Å²) in [5, 5.41) is 0. The molecule has 98 valence electrons. The van der Waals surface area contributed by atoms with Crippen LogP contribution < -0.4 is 4.90 Å². The zero-order valence-corrected chi connectivity index (χ0v) is 11.7. The molecule has 1 nitrogen and oxygen atoms in total. The second kappa shape index (κ2) is 5.05. The molecule has 0 radical (unpaired) electrons. The lowest BCUT2D eigenvalue weighted by Crippen LogP contribution is -3.18. The molecule has 2 unspecified atom stereocenters. The number of hydrogen-bond donors (Lipinski definition) is 1. The third-order valence-corrected chi connectivity index (χ3v) is 5.25. The topological polar surface area (TPSA) is 4.44 Å². The highest BCUT2D eigenvalue weighted by Crippen LogP contribution is 2.48. The summed E-state index contributed by atoms with van der Waals surface area (Å²) < 4.78 is 0. The van der Waals surface area contributed by atoms with Crippen LogP contribution in [0.1, 0.15) is 39.5 Å². The molecule has 0 aromatic rings. The van der Waals surface area contributed by atoms with Crippen LogP contribution in [-0.4, -0.2) is 18.6 Å². The summed E-state index contributed by atoms with van der Waals surface area (Å²) in [6.07, 6.45) is 17.3. The maximum atomic E-state index is 2.49. The molecule has 0 aromatic carbocycles. The highest BCUT2D eigenvalue weighted by Gasteiger charge is 2.61. The molecule has 1 heteroatoms. The van der Waals surface area contributed by atoms with Crippen LogP contribution in [0.5, 0.6) is 0 Å². The molecule has 2 heterocycles. The standard InChI is InChI=1S/C17H25N/c1-3-13(2)8-4-5-9-16-14-12-15(14)17-10-6-7-11-18(16)17/h3-5,8-9,14-17H,6-7,10-12H2,1-2H3/p+1/b8-4+,9-5+,13-3+/t14-,15+,16+,17?/m1/s1. The molecule has 0 bridgehead atoms. The number of allylic oxidation sites excluding steroid dienone is 5. The average molecular weight is 244 g/mol. The van der Waals surface area contributed by atoms with E-state index in [0.717, 1.165) is 23.9 Å². The summed E-state index contributed by atoms with van der Waals surface area (Å²) in [6, 6.07) is 1.84. The number of nitrogens with one attached hydrogen (secondary N) is 1. The van der Waals surface area contributed by atoms with Gasteiger partial charge in [0.2, 0.25) is 0 Å². The molecule has 2 aliphatic heterocycles. The van der Waals surface area contributed by atoms with E-state index in [1.807, 2.05) is 4.90 Å². The van der Waals surface area contributed by atoms with Gasteiger partial charge in [0.15, 0.2) is 0 Å². The third kappa shape index (κ3) is 2.21. The fourth-order valence-electron chi connectivity index (χ4n) is 4.11. The molecule has 0 aromatic heterocycles. The molecule has 0 spiro atoms. The first-order valence-corrected chi connectivity index (χ1v) is 7.64. The first-order valence-electron chi connectivity index (χ1n) is 7.64. The first-order chi connectivity index (χ1) is 8.81. The van der Waals surface area contributed by atoms with Crippen molar-refractivity contribution in [3.05, 3.63) is 36.0 Å². The van der Waals surface area contributed by atoms with Gasteiger partial charge in [0.1, 0.15) is 6.04 Å². The first kappa shape index (κ1) is 12.2. The average Bonchev–Trinajstić information content (AvgIpc) is 3.13. The number of quaternary nitrogens is 1. The Labute approximate surface area is 111 Å². The van der Waals surface area contributed by atoms with Crippen molar-refractivity contribution >= 4 is 0 Å². The lowest BCUT2D eigenvalue weighted by molar-refractivity contribution is -0.940. The van der Waals surface area contributed by atoms with Crippen LogP contribution in [0.25, 0.3) is 0 Å². The largest absolute Gasteiger partial charge is 0.326 e. The van der Waals surface area contributed by atoms with E-state index in [1.54, 1.807) is 0 Å². The molecule has 3 fully saturated rings. The van der Waals surface area contributed by atoms with Crippen LogP contribution in [0.3, 0.4) is 0 Å². The minimum absolute atomic E-state index is 0.830. The van der Waals surface area contributed by atoms with Crippen molar-refractivity contribution in [2.24, 2.45) is 11.8 Å². The van der Waals surface area contributed by atoms with Gasteiger partial charge in [-0.2, -0.15) is 0 Å². The van der Waals surface area contributed by atoms with E-state index in [9.17, 15) is 0 Å². The lowest BCUT2D eigenvalue weighted by atomic mass is 10.0. The molecule has 5 atom stereocenters. The predicted molar refractivity (Wildman–Crippen MR) is 76.6 cm³/mol. The van der Waals surface area contributed by atoms with Gasteiger partial charge in [-0.15, -0.1) is 0 Å². The monoisotopic (exact) mass is 244 g/mol. The molecule has 1 aliphatic carbocycles. The summed E-state index contributed by atoms with van der Waals surface area (Å²) in [4.78, 5) is 1.91. The fourth-order valence-corrected chi connectivity index (χ4v) is 4.11. The van der Waals surface area contributed by atoms with Gasteiger partial charge in [-0.3, -0.25) is 0 Å². The molecular weight excluding hydrogens is 218 g/mol. The Morgan fingerprint density at radius 1 is 1.17 bits per heavy atom. The van der Waals surface area contributed by atoms with Gasteiger partial charge in [-0.1, -0.05) is 29.9 Å². The van der Waals surface area contributed by atoms with E-state index in [1.165, 1.54) is 37.8 Å². The zero-order valence-electron chi connectivity index (χ0n) is 11.7.